The molecular formula is C15H22N2O3. The number of benzene rings is 1. The van der Waals surface area contributed by atoms with E-state index in [0.29, 0.717) is 0 Å². The molecule has 0 spiro atoms. The van der Waals surface area contributed by atoms with E-state index in [2.05, 4.69) is 11.9 Å². The normalized spacial score (nSPS) is 18.7. The summed E-state index contributed by atoms with van der Waals surface area (Å²) in [6.07, 6.45) is 2.07. The molecule has 5 heteroatoms. The minimum absolute atomic E-state index is 0.0895. The number of ether oxygens (including phenoxy) is 1. The predicted octanol–water partition coefficient (Wildman–Crippen LogP) is 1.63. The van der Waals surface area contributed by atoms with Gasteiger partial charge in [-0.2, -0.15) is 0 Å². The Bertz CT molecular complexity index is 456. The summed E-state index contributed by atoms with van der Waals surface area (Å²) in [7, 11) is 2.10. The molecule has 20 heavy (non-hydrogen) atoms. The first kappa shape index (κ1) is 14.8. The van der Waals surface area contributed by atoms with Crippen LogP contribution in [0.25, 0.3) is 0 Å². The van der Waals surface area contributed by atoms with Crippen LogP contribution in [0, 0.1) is 0 Å². The average molecular weight is 278 g/mol. The average Bonchev–Trinajstić information content (AvgIpc) is 2.41. The van der Waals surface area contributed by atoms with Gasteiger partial charge in [-0.05, 0) is 26.0 Å². The largest absolute Gasteiger partial charge is 0.490 e. The molecular weight excluding hydrogens is 256 g/mol. The summed E-state index contributed by atoms with van der Waals surface area (Å²) in [5.74, 6) is -0.178. The van der Waals surface area contributed by atoms with Gasteiger partial charge in [0.15, 0.2) is 0 Å². The van der Waals surface area contributed by atoms with E-state index in [9.17, 15) is 4.79 Å². The minimum Gasteiger partial charge on any atom is -0.490 e. The third-order valence-corrected chi connectivity index (χ3v) is 3.67. The van der Waals surface area contributed by atoms with Crippen molar-refractivity contribution in [2.75, 3.05) is 20.1 Å². The monoisotopic (exact) mass is 278 g/mol. The van der Waals surface area contributed by atoms with Crippen LogP contribution in [0.1, 0.15) is 30.9 Å². The molecule has 0 saturated carbocycles. The van der Waals surface area contributed by atoms with Crippen LogP contribution in [0.15, 0.2) is 24.3 Å². The van der Waals surface area contributed by atoms with Crippen LogP contribution in [-0.4, -0.2) is 42.2 Å². The summed E-state index contributed by atoms with van der Waals surface area (Å²) in [6, 6.07) is 6.93. The third kappa shape index (κ3) is 3.95. The number of piperidine rings is 1. The molecule has 1 unspecified atom stereocenters. The van der Waals surface area contributed by atoms with E-state index in [1.807, 2.05) is 24.3 Å². The molecule has 1 aromatic carbocycles. The molecule has 1 saturated heterocycles. The van der Waals surface area contributed by atoms with Gasteiger partial charge in [-0.1, -0.05) is 18.2 Å². The summed E-state index contributed by atoms with van der Waals surface area (Å²) >= 11 is 0. The van der Waals surface area contributed by atoms with Gasteiger partial charge in [-0.3, -0.25) is 4.79 Å². The van der Waals surface area contributed by atoms with Crippen LogP contribution in [0.4, 0.5) is 0 Å². The molecule has 0 radical (unpaired) electrons. The topological polar surface area (TPSA) is 75.8 Å². The van der Waals surface area contributed by atoms with Crippen molar-refractivity contribution in [3.8, 4) is 5.75 Å². The summed E-state index contributed by atoms with van der Waals surface area (Å²) in [4.78, 5) is 13.1. The lowest BCUT2D eigenvalue weighted by atomic mass is 10.0. The Kier molecular flexibility index (Phi) is 4.98. The Morgan fingerprint density at radius 1 is 1.45 bits per heavy atom. The van der Waals surface area contributed by atoms with E-state index in [4.69, 9.17) is 15.6 Å². The van der Waals surface area contributed by atoms with Crippen molar-refractivity contribution in [3.63, 3.8) is 0 Å². The maximum atomic E-state index is 10.8. The van der Waals surface area contributed by atoms with E-state index >= 15 is 0 Å². The number of nitrogens with zero attached hydrogens (tertiary/aromatic N) is 1. The lowest BCUT2D eigenvalue weighted by Gasteiger charge is -2.30. The SMILES string of the molecule is CN1CCC(Oc2ccccc2C(N)CC(=O)O)CC1. The Hall–Kier alpha value is -1.59. The molecule has 0 aromatic heterocycles. The van der Waals surface area contributed by atoms with Gasteiger partial charge >= 0.3 is 5.97 Å². The number of nitrogens with two attached hydrogens (primary N) is 1. The highest BCUT2D eigenvalue weighted by atomic mass is 16.5. The molecule has 0 aliphatic carbocycles. The van der Waals surface area contributed by atoms with Gasteiger partial charge in [0.1, 0.15) is 11.9 Å². The standard InChI is InChI=1S/C15H22N2O3/c1-17-8-6-11(7-9-17)20-14-5-3-2-4-12(14)13(16)10-15(18)19/h2-5,11,13H,6-10,16H2,1H3,(H,18,19). The van der Waals surface area contributed by atoms with E-state index < -0.39 is 12.0 Å². The van der Waals surface area contributed by atoms with Gasteiger partial charge in [0, 0.05) is 24.7 Å². The fraction of sp³-hybridized carbons (Fsp3) is 0.533. The molecule has 1 aromatic rings. The number of carboxylic acid groups (broad SMARTS) is 1. The fourth-order valence-electron chi connectivity index (χ4n) is 2.47. The number of aliphatic carboxylic acids is 1. The van der Waals surface area contributed by atoms with Gasteiger partial charge in [-0.25, -0.2) is 0 Å². The van der Waals surface area contributed by atoms with E-state index in [1.54, 1.807) is 0 Å². The van der Waals surface area contributed by atoms with Crippen LogP contribution in [0.3, 0.4) is 0 Å². The second-order valence-corrected chi connectivity index (χ2v) is 5.36. The quantitative estimate of drug-likeness (QED) is 0.856. The first-order chi connectivity index (χ1) is 9.56. The zero-order valence-electron chi connectivity index (χ0n) is 11.8. The molecule has 110 valence electrons. The van der Waals surface area contributed by atoms with Crippen LogP contribution < -0.4 is 10.5 Å². The number of rotatable bonds is 5. The zero-order valence-corrected chi connectivity index (χ0v) is 11.8. The molecule has 5 nitrogen and oxygen atoms in total. The molecule has 3 N–H and O–H groups in total. The summed E-state index contributed by atoms with van der Waals surface area (Å²) in [6.45, 7) is 2.04. The van der Waals surface area contributed by atoms with Crippen molar-refractivity contribution in [3.05, 3.63) is 29.8 Å². The maximum absolute atomic E-state index is 10.8. The Balaban J connectivity index is 2.05. The van der Waals surface area contributed by atoms with Crippen molar-refractivity contribution in [2.24, 2.45) is 5.73 Å². The number of hydrogen-bond donors (Lipinski definition) is 2. The van der Waals surface area contributed by atoms with E-state index in [0.717, 1.165) is 37.2 Å². The van der Waals surface area contributed by atoms with Gasteiger partial charge in [0.2, 0.25) is 0 Å². The van der Waals surface area contributed by atoms with Gasteiger partial charge in [-0.15, -0.1) is 0 Å². The number of carboxylic acids is 1. The number of hydrogen-bond acceptors (Lipinski definition) is 4. The zero-order chi connectivity index (χ0) is 14.5. The highest BCUT2D eigenvalue weighted by Crippen LogP contribution is 2.28. The van der Waals surface area contributed by atoms with Gasteiger partial charge < -0.3 is 20.5 Å². The number of likely N-dealkylation sites (tertiary alicyclic amines) is 1. The Labute approximate surface area is 119 Å². The first-order valence-electron chi connectivity index (χ1n) is 6.97. The van der Waals surface area contributed by atoms with Crippen LogP contribution in [-0.2, 0) is 4.79 Å². The molecule has 1 aliphatic heterocycles. The highest BCUT2D eigenvalue weighted by Gasteiger charge is 2.21. The molecule has 0 amide bonds. The van der Waals surface area contributed by atoms with E-state index in [1.165, 1.54) is 0 Å². The highest BCUT2D eigenvalue weighted by molar-refractivity contribution is 5.68. The van der Waals surface area contributed by atoms with Crippen molar-refractivity contribution in [1.29, 1.82) is 0 Å². The Morgan fingerprint density at radius 2 is 2.10 bits per heavy atom. The van der Waals surface area contributed by atoms with Crippen LogP contribution in [0.5, 0.6) is 5.75 Å². The van der Waals surface area contributed by atoms with E-state index in [-0.39, 0.29) is 12.5 Å². The van der Waals surface area contributed by atoms with Gasteiger partial charge in [0.05, 0.1) is 6.42 Å². The van der Waals surface area contributed by atoms with Crippen molar-refractivity contribution < 1.29 is 14.6 Å². The molecule has 1 atom stereocenters. The minimum atomic E-state index is -0.897. The molecule has 1 heterocycles. The first-order valence-corrected chi connectivity index (χ1v) is 6.97. The molecule has 1 fully saturated rings. The third-order valence-electron chi connectivity index (χ3n) is 3.67. The molecule has 0 bridgehead atoms. The fourth-order valence-corrected chi connectivity index (χ4v) is 2.47. The van der Waals surface area contributed by atoms with Crippen LogP contribution >= 0.6 is 0 Å². The number of para-hydroxylation sites is 1. The smallest absolute Gasteiger partial charge is 0.305 e. The maximum Gasteiger partial charge on any atom is 0.305 e. The summed E-state index contributed by atoms with van der Waals surface area (Å²) in [5.41, 5.74) is 6.73. The predicted molar refractivity (Wildman–Crippen MR) is 76.8 cm³/mol. The van der Waals surface area contributed by atoms with Crippen molar-refractivity contribution >= 4 is 5.97 Å². The lowest BCUT2D eigenvalue weighted by Crippen LogP contribution is -2.36. The molecule has 2 rings (SSSR count). The second-order valence-electron chi connectivity index (χ2n) is 5.36. The van der Waals surface area contributed by atoms with Crippen molar-refractivity contribution in [2.45, 2.75) is 31.4 Å². The number of carbonyl (C=O) groups is 1. The van der Waals surface area contributed by atoms with Crippen LogP contribution in [0.2, 0.25) is 0 Å². The summed E-state index contributed by atoms with van der Waals surface area (Å²) in [5, 5.41) is 8.86. The summed E-state index contributed by atoms with van der Waals surface area (Å²) < 4.78 is 6.04. The molecule has 1 aliphatic rings. The second kappa shape index (κ2) is 6.72. The lowest BCUT2D eigenvalue weighted by molar-refractivity contribution is -0.137. The van der Waals surface area contributed by atoms with Gasteiger partial charge in [0.25, 0.3) is 0 Å². The van der Waals surface area contributed by atoms with Crippen molar-refractivity contribution in [1.82, 2.24) is 4.90 Å². The Morgan fingerprint density at radius 3 is 2.75 bits per heavy atom.